The van der Waals surface area contributed by atoms with E-state index in [4.69, 9.17) is 0 Å². The lowest BCUT2D eigenvalue weighted by atomic mass is 9.73. The number of rotatable bonds is 4. The van der Waals surface area contributed by atoms with E-state index in [1.807, 2.05) is 20.0 Å². The molecule has 1 aliphatic carbocycles. The summed E-state index contributed by atoms with van der Waals surface area (Å²) in [4.78, 5) is 32.5. The fraction of sp³-hybridized carbons (Fsp3) is 0.714. The first-order valence-electron chi connectivity index (χ1n) is 10.1. The van der Waals surface area contributed by atoms with Crippen LogP contribution in [0.2, 0.25) is 0 Å². The average molecular weight is 357 g/mol. The zero-order chi connectivity index (χ0) is 18.3. The van der Waals surface area contributed by atoms with Gasteiger partial charge in [0.25, 0.3) is 0 Å². The van der Waals surface area contributed by atoms with E-state index in [0.717, 1.165) is 61.9 Å². The molecule has 1 amide bonds. The Bertz CT molecular complexity index is 752. The smallest absolute Gasteiger partial charge is 0.222 e. The minimum atomic E-state index is 0.157. The van der Waals surface area contributed by atoms with Crippen LogP contribution >= 0.6 is 0 Å². The number of nitrogens with zero attached hydrogens (tertiary/aromatic N) is 2. The molecule has 1 saturated carbocycles. The van der Waals surface area contributed by atoms with Crippen LogP contribution in [0.25, 0.3) is 0 Å². The molecule has 1 spiro atoms. The van der Waals surface area contributed by atoms with Gasteiger partial charge >= 0.3 is 0 Å². The summed E-state index contributed by atoms with van der Waals surface area (Å²) < 4.78 is 0. The number of likely N-dealkylation sites (tertiary alicyclic amines) is 2. The molecule has 142 valence electrons. The molecule has 0 radical (unpaired) electrons. The molecule has 0 unspecified atom stereocenters. The van der Waals surface area contributed by atoms with Crippen molar-refractivity contribution < 1.29 is 4.79 Å². The molecule has 1 aromatic rings. The van der Waals surface area contributed by atoms with Gasteiger partial charge < -0.3 is 9.88 Å². The molecule has 0 bridgehead atoms. The molecule has 1 aromatic heterocycles. The van der Waals surface area contributed by atoms with Gasteiger partial charge in [-0.25, -0.2) is 0 Å². The number of amides is 1. The molecule has 4 rings (SSSR count). The third-order valence-electron chi connectivity index (χ3n) is 6.66. The Morgan fingerprint density at radius 2 is 2.00 bits per heavy atom. The number of hydrogen-bond donors (Lipinski definition) is 1. The van der Waals surface area contributed by atoms with Gasteiger partial charge in [0.15, 0.2) is 5.43 Å². The molecule has 3 heterocycles. The monoisotopic (exact) mass is 357 g/mol. The summed E-state index contributed by atoms with van der Waals surface area (Å²) in [7, 11) is 0. The van der Waals surface area contributed by atoms with Crippen LogP contribution in [0.3, 0.4) is 0 Å². The summed E-state index contributed by atoms with van der Waals surface area (Å²) in [6.07, 6.45) is 8.56. The standard InChI is InChI=1S/C21H31N3O2/c1-15-10-22-18(16(2)20(15)26)12-23-9-3-7-21(13-23)8-6-19(25)24(14-21)11-17-4-5-17/h10,17H,3-9,11-14H2,1-2H3,(H,22,26)/t21-/m0/s1. The van der Waals surface area contributed by atoms with Gasteiger partial charge in [-0.3, -0.25) is 14.5 Å². The summed E-state index contributed by atoms with van der Waals surface area (Å²) in [6, 6.07) is 0. The number of pyridine rings is 1. The maximum absolute atomic E-state index is 12.3. The highest BCUT2D eigenvalue weighted by Gasteiger charge is 2.42. The summed E-state index contributed by atoms with van der Waals surface area (Å²) >= 11 is 0. The molecule has 3 fully saturated rings. The molecular weight excluding hydrogens is 326 g/mol. The van der Waals surface area contributed by atoms with Crippen molar-refractivity contribution in [2.75, 3.05) is 26.2 Å². The van der Waals surface area contributed by atoms with Crippen LogP contribution in [0.1, 0.15) is 55.3 Å². The highest BCUT2D eigenvalue weighted by Crippen LogP contribution is 2.41. The maximum atomic E-state index is 12.3. The number of aromatic amines is 1. The predicted molar refractivity (Wildman–Crippen MR) is 102 cm³/mol. The lowest BCUT2D eigenvalue weighted by Crippen LogP contribution is -2.54. The molecule has 2 aliphatic heterocycles. The number of H-pyrrole nitrogens is 1. The molecular formula is C21H31N3O2. The van der Waals surface area contributed by atoms with E-state index in [2.05, 4.69) is 14.8 Å². The summed E-state index contributed by atoms with van der Waals surface area (Å²) in [5.74, 6) is 1.12. The lowest BCUT2D eigenvalue weighted by molar-refractivity contribution is -0.139. The van der Waals surface area contributed by atoms with Crippen molar-refractivity contribution >= 4 is 5.91 Å². The first kappa shape index (κ1) is 17.8. The molecule has 1 atom stereocenters. The third kappa shape index (κ3) is 3.59. The molecule has 0 aromatic carbocycles. The third-order valence-corrected chi connectivity index (χ3v) is 6.66. The van der Waals surface area contributed by atoms with Gasteiger partial charge in [0.2, 0.25) is 5.91 Å². The van der Waals surface area contributed by atoms with Crippen LogP contribution in [0.5, 0.6) is 0 Å². The highest BCUT2D eigenvalue weighted by atomic mass is 16.2. The number of aromatic nitrogens is 1. The van der Waals surface area contributed by atoms with E-state index in [9.17, 15) is 9.59 Å². The zero-order valence-electron chi connectivity index (χ0n) is 16.1. The van der Waals surface area contributed by atoms with E-state index in [0.29, 0.717) is 12.3 Å². The Balaban J connectivity index is 1.46. The van der Waals surface area contributed by atoms with Gasteiger partial charge in [-0.05, 0) is 58.4 Å². The minimum absolute atomic E-state index is 0.157. The fourth-order valence-electron chi connectivity index (χ4n) is 4.85. The van der Waals surface area contributed by atoms with Crippen LogP contribution in [0.4, 0.5) is 0 Å². The summed E-state index contributed by atoms with van der Waals surface area (Å²) in [5.41, 5.74) is 3.07. The molecule has 1 N–H and O–H groups in total. The summed E-state index contributed by atoms with van der Waals surface area (Å²) in [6.45, 7) is 8.62. The number of hydrogen-bond acceptors (Lipinski definition) is 3. The Kier molecular flexibility index (Phi) is 4.68. The fourth-order valence-corrected chi connectivity index (χ4v) is 4.85. The number of nitrogens with one attached hydrogen (secondary N) is 1. The van der Waals surface area contributed by atoms with Gasteiger partial charge in [-0.1, -0.05) is 0 Å². The normalized spacial score (nSPS) is 27.3. The Morgan fingerprint density at radius 1 is 1.19 bits per heavy atom. The van der Waals surface area contributed by atoms with Crippen LogP contribution in [0.15, 0.2) is 11.0 Å². The van der Waals surface area contributed by atoms with Crippen molar-refractivity contribution in [2.45, 2.75) is 58.9 Å². The van der Waals surface area contributed by atoms with Gasteiger partial charge in [-0.15, -0.1) is 0 Å². The van der Waals surface area contributed by atoms with Crippen LogP contribution < -0.4 is 5.43 Å². The molecule has 5 nitrogen and oxygen atoms in total. The first-order valence-corrected chi connectivity index (χ1v) is 10.1. The van der Waals surface area contributed by atoms with Crippen molar-refractivity contribution in [2.24, 2.45) is 11.3 Å². The Morgan fingerprint density at radius 3 is 2.77 bits per heavy atom. The number of piperidine rings is 2. The van der Waals surface area contributed by atoms with E-state index in [-0.39, 0.29) is 10.8 Å². The van der Waals surface area contributed by atoms with Crippen molar-refractivity contribution in [3.63, 3.8) is 0 Å². The Hall–Kier alpha value is -1.62. The quantitative estimate of drug-likeness (QED) is 0.901. The SMILES string of the molecule is Cc1c[nH]c(CN2CCC[C@]3(CCC(=O)N(CC4CC4)C3)C2)c(C)c1=O. The number of carbonyl (C=O) groups excluding carboxylic acids is 1. The zero-order valence-corrected chi connectivity index (χ0v) is 16.1. The van der Waals surface area contributed by atoms with E-state index in [1.165, 1.54) is 25.7 Å². The number of aryl methyl sites for hydroxylation is 1. The second kappa shape index (κ2) is 6.84. The molecule has 3 aliphatic rings. The first-order chi connectivity index (χ1) is 12.5. The van der Waals surface area contributed by atoms with E-state index < -0.39 is 0 Å². The van der Waals surface area contributed by atoms with Gasteiger partial charge in [-0.2, -0.15) is 0 Å². The van der Waals surface area contributed by atoms with Crippen molar-refractivity contribution in [1.82, 2.24) is 14.8 Å². The molecule has 2 saturated heterocycles. The predicted octanol–water partition coefficient (Wildman–Crippen LogP) is 2.61. The van der Waals surface area contributed by atoms with Gasteiger partial charge in [0.05, 0.1) is 0 Å². The van der Waals surface area contributed by atoms with Crippen molar-refractivity contribution in [3.05, 3.63) is 33.2 Å². The summed E-state index contributed by atoms with van der Waals surface area (Å²) in [5, 5.41) is 0. The van der Waals surface area contributed by atoms with Crippen LogP contribution in [-0.2, 0) is 11.3 Å². The topological polar surface area (TPSA) is 56.4 Å². The Labute approximate surface area is 155 Å². The van der Waals surface area contributed by atoms with E-state index in [1.54, 1.807) is 0 Å². The van der Waals surface area contributed by atoms with Gasteiger partial charge in [0.1, 0.15) is 0 Å². The van der Waals surface area contributed by atoms with Crippen molar-refractivity contribution in [1.29, 1.82) is 0 Å². The van der Waals surface area contributed by atoms with Crippen molar-refractivity contribution in [3.8, 4) is 0 Å². The van der Waals surface area contributed by atoms with Crippen LogP contribution in [-0.4, -0.2) is 46.9 Å². The second-order valence-electron chi connectivity index (χ2n) is 8.94. The average Bonchev–Trinajstić information content (AvgIpc) is 3.43. The second-order valence-corrected chi connectivity index (χ2v) is 8.94. The highest BCUT2D eigenvalue weighted by molar-refractivity contribution is 5.77. The maximum Gasteiger partial charge on any atom is 0.222 e. The van der Waals surface area contributed by atoms with Gasteiger partial charge in [0, 0.05) is 61.0 Å². The number of carbonyl (C=O) groups is 1. The lowest BCUT2D eigenvalue weighted by Gasteiger charge is -2.48. The van der Waals surface area contributed by atoms with E-state index >= 15 is 0 Å². The molecule has 5 heteroatoms. The largest absolute Gasteiger partial charge is 0.363 e. The molecule has 26 heavy (non-hydrogen) atoms. The van der Waals surface area contributed by atoms with Crippen LogP contribution in [0, 0.1) is 25.2 Å². The minimum Gasteiger partial charge on any atom is -0.363 e.